The predicted octanol–water partition coefficient (Wildman–Crippen LogP) is 3.25. The summed E-state index contributed by atoms with van der Waals surface area (Å²) in [5.41, 5.74) is 1.49. The molecule has 0 radical (unpaired) electrons. The van der Waals surface area contributed by atoms with Crippen molar-refractivity contribution in [3.63, 3.8) is 0 Å². The van der Waals surface area contributed by atoms with E-state index in [1.165, 1.54) is 12.1 Å². The number of hydrogen-bond donors (Lipinski definition) is 2. The number of anilines is 1. The van der Waals surface area contributed by atoms with Crippen LogP contribution in [0.4, 0.5) is 14.5 Å². The van der Waals surface area contributed by atoms with Gasteiger partial charge in [-0.2, -0.15) is 0 Å². The molecule has 3 rings (SSSR count). The van der Waals surface area contributed by atoms with Gasteiger partial charge in [0.25, 0.3) is 17.2 Å². The summed E-state index contributed by atoms with van der Waals surface area (Å²) in [7, 11) is 0. The lowest BCUT2D eigenvalue weighted by atomic mass is 10.0. The van der Waals surface area contributed by atoms with Crippen LogP contribution in [0.25, 0.3) is 0 Å². The number of nitrogens with zero attached hydrogens (tertiary/aromatic N) is 2. The van der Waals surface area contributed by atoms with Gasteiger partial charge in [0.1, 0.15) is 11.6 Å². The molecule has 29 heavy (non-hydrogen) atoms. The molecule has 3 atom stereocenters. The van der Waals surface area contributed by atoms with Gasteiger partial charge in [0.15, 0.2) is 0 Å². The van der Waals surface area contributed by atoms with Gasteiger partial charge in [-0.15, -0.1) is 0 Å². The summed E-state index contributed by atoms with van der Waals surface area (Å²) >= 11 is -2.17. The van der Waals surface area contributed by atoms with Gasteiger partial charge in [-0.3, -0.25) is 19.0 Å². The summed E-state index contributed by atoms with van der Waals surface area (Å²) in [4.78, 5) is 16.9. The Labute approximate surface area is 170 Å². The normalized spacial score (nSPS) is 21.1. The summed E-state index contributed by atoms with van der Waals surface area (Å²) in [6.07, 6.45) is 0. The molecular formula is C20H23F2N3O3S. The van der Waals surface area contributed by atoms with Gasteiger partial charge in [-0.1, -0.05) is 0 Å². The van der Waals surface area contributed by atoms with Gasteiger partial charge >= 0.3 is 0 Å². The van der Waals surface area contributed by atoms with E-state index in [-0.39, 0.29) is 18.0 Å². The van der Waals surface area contributed by atoms with Crippen LogP contribution in [0.5, 0.6) is 0 Å². The molecule has 1 fully saturated rings. The summed E-state index contributed by atoms with van der Waals surface area (Å²) in [5, 5.41) is 0. The third-order valence-electron chi connectivity index (χ3n) is 4.89. The van der Waals surface area contributed by atoms with Gasteiger partial charge < -0.3 is 4.90 Å². The Kier molecular flexibility index (Phi) is 6.61. The van der Waals surface area contributed by atoms with Crippen molar-refractivity contribution in [2.24, 2.45) is 0 Å². The highest BCUT2D eigenvalue weighted by Gasteiger charge is 2.33. The molecule has 0 aromatic heterocycles. The van der Waals surface area contributed by atoms with Crippen molar-refractivity contribution < 1.29 is 22.3 Å². The molecule has 1 aliphatic heterocycles. The largest absolute Gasteiger partial charge is 0.331 e. The van der Waals surface area contributed by atoms with Crippen LogP contribution in [-0.4, -0.2) is 49.6 Å². The summed E-state index contributed by atoms with van der Waals surface area (Å²) in [6, 6.07) is 9.69. The molecular weight excluding hydrogens is 400 g/mol. The number of piperazine rings is 1. The van der Waals surface area contributed by atoms with E-state index in [2.05, 4.69) is 9.62 Å². The summed E-state index contributed by atoms with van der Waals surface area (Å²) in [6.45, 7) is 5.45. The Morgan fingerprint density at radius 1 is 1.10 bits per heavy atom. The highest BCUT2D eigenvalue weighted by Crippen LogP contribution is 2.22. The van der Waals surface area contributed by atoms with E-state index in [4.69, 9.17) is 4.55 Å². The van der Waals surface area contributed by atoms with Crippen LogP contribution < -0.4 is 4.72 Å². The SMILES string of the molecule is CC1CN(Cc2cc(F)cc(F)c2)CC(C)N1C(=O)c1ccc(NS(=O)O)cc1. The second-order valence-corrected chi connectivity index (χ2v) is 8.01. The number of rotatable bonds is 5. The molecule has 0 bridgehead atoms. The van der Waals surface area contributed by atoms with Crippen LogP contribution in [-0.2, 0) is 17.8 Å². The lowest BCUT2D eigenvalue weighted by Crippen LogP contribution is -2.58. The fraction of sp³-hybridized carbons (Fsp3) is 0.350. The Morgan fingerprint density at radius 2 is 1.66 bits per heavy atom. The third-order valence-corrected chi connectivity index (χ3v) is 5.30. The van der Waals surface area contributed by atoms with Crippen LogP contribution in [0.15, 0.2) is 42.5 Å². The zero-order valence-corrected chi connectivity index (χ0v) is 17.0. The van der Waals surface area contributed by atoms with Crippen molar-refractivity contribution in [3.05, 3.63) is 65.2 Å². The minimum absolute atomic E-state index is 0.0904. The molecule has 1 amide bonds. The van der Waals surface area contributed by atoms with E-state index < -0.39 is 22.9 Å². The monoisotopic (exact) mass is 423 g/mol. The lowest BCUT2D eigenvalue weighted by molar-refractivity contribution is 0.0268. The van der Waals surface area contributed by atoms with Gasteiger partial charge in [0, 0.05) is 49.0 Å². The van der Waals surface area contributed by atoms with Crippen molar-refractivity contribution in [2.75, 3.05) is 17.8 Å². The number of benzene rings is 2. The van der Waals surface area contributed by atoms with Gasteiger partial charge in [0.05, 0.1) is 0 Å². The molecule has 0 saturated carbocycles. The Balaban J connectivity index is 1.67. The standard InChI is InChI=1S/C20H23F2N3O3S/c1-13-10-24(12-15-7-17(21)9-18(22)8-15)11-14(2)25(13)20(26)16-3-5-19(6-4-16)23-29(27)28/h3-9,13-14,23H,10-12H2,1-2H3,(H,27,28). The highest BCUT2D eigenvalue weighted by atomic mass is 32.2. The number of carbonyl (C=O) groups excluding carboxylic acids is 1. The molecule has 2 aromatic rings. The first-order chi connectivity index (χ1) is 13.7. The van der Waals surface area contributed by atoms with Crippen molar-refractivity contribution >= 4 is 22.9 Å². The molecule has 156 valence electrons. The van der Waals surface area contributed by atoms with Gasteiger partial charge in [0.2, 0.25) is 0 Å². The van der Waals surface area contributed by atoms with E-state index in [1.807, 2.05) is 13.8 Å². The van der Waals surface area contributed by atoms with Crippen molar-refractivity contribution in [1.82, 2.24) is 9.80 Å². The fourth-order valence-corrected chi connectivity index (χ4v) is 4.19. The summed E-state index contributed by atoms with van der Waals surface area (Å²) in [5.74, 6) is -1.33. The fourth-order valence-electron chi connectivity index (χ4n) is 3.85. The number of halogens is 2. The van der Waals surface area contributed by atoms with Crippen LogP contribution in [0.2, 0.25) is 0 Å². The summed E-state index contributed by atoms with van der Waals surface area (Å²) < 4.78 is 48.9. The molecule has 1 aliphatic rings. The van der Waals surface area contributed by atoms with Crippen molar-refractivity contribution in [3.8, 4) is 0 Å². The minimum Gasteiger partial charge on any atom is -0.331 e. The molecule has 1 heterocycles. The molecule has 6 nitrogen and oxygen atoms in total. The third kappa shape index (κ3) is 5.37. The molecule has 0 spiro atoms. The first-order valence-electron chi connectivity index (χ1n) is 9.20. The van der Waals surface area contributed by atoms with Gasteiger partial charge in [-0.25, -0.2) is 13.0 Å². The molecule has 1 saturated heterocycles. The number of hydrogen-bond acceptors (Lipinski definition) is 3. The van der Waals surface area contributed by atoms with E-state index in [9.17, 15) is 17.8 Å². The van der Waals surface area contributed by atoms with E-state index in [0.717, 1.165) is 6.07 Å². The number of carbonyl (C=O) groups is 1. The zero-order valence-electron chi connectivity index (χ0n) is 16.1. The smallest absolute Gasteiger partial charge is 0.259 e. The second-order valence-electron chi connectivity index (χ2n) is 7.31. The Hall–Kier alpha value is -2.36. The van der Waals surface area contributed by atoms with Gasteiger partial charge in [-0.05, 0) is 55.8 Å². The Bertz CT molecular complexity index is 878. The van der Waals surface area contributed by atoms with E-state index >= 15 is 0 Å². The molecule has 0 aliphatic carbocycles. The molecule has 9 heteroatoms. The maximum Gasteiger partial charge on any atom is 0.259 e. The molecule has 2 N–H and O–H groups in total. The molecule has 3 unspecified atom stereocenters. The van der Waals surface area contributed by atoms with Crippen LogP contribution >= 0.6 is 0 Å². The first kappa shape index (κ1) is 21.4. The quantitative estimate of drug-likeness (QED) is 0.725. The lowest BCUT2D eigenvalue weighted by Gasteiger charge is -2.44. The van der Waals surface area contributed by atoms with E-state index in [0.29, 0.717) is 36.4 Å². The number of amides is 1. The highest BCUT2D eigenvalue weighted by molar-refractivity contribution is 7.80. The maximum absolute atomic E-state index is 13.4. The van der Waals surface area contributed by atoms with Crippen molar-refractivity contribution in [1.29, 1.82) is 0 Å². The second kappa shape index (κ2) is 8.98. The van der Waals surface area contributed by atoms with E-state index in [1.54, 1.807) is 29.2 Å². The molecule has 2 aromatic carbocycles. The van der Waals surface area contributed by atoms with Crippen molar-refractivity contribution in [2.45, 2.75) is 32.5 Å². The minimum atomic E-state index is -2.17. The average molecular weight is 423 g/mol. The topological polar surface area (TPSA) is 72.9 Å². The maximum atomic E-state index is 13.4. The van der Waals surface area contributed by atoms with Crippen LogP contribution in [0, 0.1) is 11.6 Å². The van der Waals surface area contributed by atoms with Crippen LogP contribution in [0.3, 0.4) is 0 Å². The average Bonchev–Trinajstić information content (AvgIpc) is 2.60. The Morgan fingerprint density at radius 3 is 2.17 bits per heavy atom. The predicted molar refractivity (Wildman–Crippen MR) is 108 cm³/mol. The first-order valence-corrected chi connectivity index (χ1v) is 10.3. The number of nitrogens with one attached hydrogen (secondary N) is 1. The van der Waals surface area contributed by atoms with Crippen LogP contribution in [0.1, 0.15) is 29.8 Å². The zero-order chi connectivity index (χ0) is 21.1.